The molecule has 1 saturated heterocycles. The molecule has 0 atom stereocenters. The van der Waals surface area contributed by atoms with E-state index in [0.717, 1.165) is 18.2 Å². The molecular weight excluding hydrogens is 344 g/mol. The van der Waals surface area contributed by atoms with E-state index in [4.69, 9.17) is 0 Å². The second-order valence-corrected chi connectivity index (χ2v) is 6.95. The van der Waals surface area contributed by atoms with Crippen molar-refractivity contribution in [2.45, 2.75) is 4.90 Å². The highest BCUT2D eigenvalue weighted by atomic mass is 32.2. The number of rotatable bonds is 5. The Morgan fingerprint density at radius 3 is 2.33 bits per heavy atom. The first kappa shape index (κ1) is 18.6. The molecule has 1 fully saturated rings. The maximum atomic E-state index is 13.6. The van der Waals surface area contributed by atoms with Crippen LogP contribution in [0.25, 0.3) is 0 Å². The van der Waals surface area contributed by atoms with Crippen molar-refractivity contribution >= 4 is 16.1 Å². The minimum atomic E-state index is -4.26. The molecule has 0 aromatic heterocycles. The number of carbonyl (C=O) groups is 1. The third-order valence-corrected chi connectivity index (χ3v) is 5.22. The van der Waals surface area contributed by atoms with Crippen LogP contribution in [0.3, 0.4) is 0 Å². The van der Waals surface area contributed by atoms with E-state index in [9.17, 15) is 22.0 Å². The molecule has 1 aromatic carbocycles. The van der Waals surface area contributed by atoms with Crippen molar-refractivity contribution in [2.75, 3.05) is 46.4 Å². The second kappa shape index (κ2) is 7.86. The lowest BCUT2D eigenvalue weighted by atomic mass is 10.3. The van der Waals surface area contributed by atoms with Crippen molar-refractivity contribution < 1.29 is 26.7 Å². The van der Waals surface area contributed by atoms with Gasteiger partial charge in [0.05, 0.1) is 7.11 Å². The normalized spacial score (nSPS) is 16.2. The van der Waals surface area contributed by atoms with Gasteiger partial charge in [0.15, 0.2) is 4.90 Å². The van der Waals surface area contributed by atoms with E-state index in [1.54, 1.807) is 4.90 Å². The maximum absolute atomic E-state index is 13.6. The minimum absolute atomic E-state index is 0.00827. The molecule has 1 amide bonds. The van der Waals surface area contributed by atoms with Crippen molar-refractivity contribution in [3.63, 3.8) is 0 Å². The number of carbonyl (C=O) groups excluding carboxylic acids is 1. The highest BCUT2D eigenvalue weighted by Gasteiger charge is 2.25. The first-order chi connectivity index (χ1) is 11.3. The summed E-state index contributed by atoms with van der Waals surface area (Å²) in [5, 5.41) is 0. The number of hydrogen-bond donors (Lipinski definition) is 1. The van der Waals surface area contributed by atoms with Gasteiger partial charge in [-0.15, -0.1) is 0 Å². The van der Waals surface area contributed by atoms with E-state index >= 15 is 0 Å². The van der Waals surface area contributed by atoms with Crippen molar-refractivity contribution in [3.8, 4) is 0 Å². The molecule has 24 heavy (non-hydrogen) atoms. The number of nitrogens with one attached hydrogen (secondary N) is 1. The van der Waals surface area contributed by atoms with Gasteiger partial charge in [0.1, 0.15) is 11.6 Å². The Kier molecular flexibility index (Phi) is 6.08. The molecule has 0 radical (unpaired) electrons. The molecule has 0 unspecified atom stereocenters. The van der Waals surface area contributed by atoms with Crippen LogP contribution in [-0.2, 0) is 14.8 Å². The van der Waals surface area contributed by atoms with Gasteiger partial charge in [0.25, 0.3) is 0 Å². The Morgan fingerprint density at radius 2 is 1.79 bits per heavy atom. The van der Waals surface area contributed by atoms with E-state index in [-0.39, 0.29) is 6.54 Å². The Morgan fingerprint density at radius 1 is 1.21 bits per heavy atom. The highest BCUT2D eigenvalue weighted by Crippen LogP contribution is 2.17. The monoisotopic (exact) mass is 363 g/mol. The lowest BCUT2D eigenvalue weighted by Gasteiger charge is -2.33. The van der Waals surface area contributed by atoms with Gasteiger partial charge in [0, 0.05) is 39.3 Å². The largest absolute Gasteiger partial charge is 0.453 e. The van der Waals surface area contributed by atoms with Crippen LogP contribution in [0.15, 0.2) is 23.1 Å². The van der Waals surface area contributed by atoms with Crippen molar-refractivity contribution in [1.29, 1.82) is 0 Å². The molecule has 1 aromatic rings. The Labute approximate surface area is 139 Å². The number of hydrogen-bond acceptors (Lipinski definition) is 5. The Hall–Kier alpha value is -1.78. The first-order valence-corrected chi connectivity index (χ1v) is 8.82. The summed E-state index contributed by atoms with van der Waals surface area (Å²) in [5.41, 5.74) is 0. The molecule has 134 valence electrons. The van der Waals surface area contributed by atoms with Gasteiger partial charge in [-0.3, -0.25) is 4.90 Å². The van der Waals surface area contributed by atoms with Gasteiger partial charge < -0.3 is 9.64 Å². The molecule has 1 N–H and O–H groups in total. The topological polar surface area (TPSA) is 79.0 Å². The van der Waals surface area contributed by atoms with Crippen LogP contribution in [0.5, 0.6) is 0 Å². The average molecular weight is 363 g/mol. The third kappa shape index (κ3) is 4.40. The molecule has 1 heterocycles. The van der Waals surface area contributed by atoms with Gasteiger partial charge in [-0.1, -0.05) is 6.07 Å². The molecule has 0 bridgehead atoms. The van der Waals surface area contributed by atoms with Gasteiger partial charge in [-0.05, 0) is 12.1 Å². The molecule has 7 nitrogen and oxygen atoms in total. The van der Waals surface area contributed by atoms with Crippen LogP contribution in [0.2, 0.25) is 0 Å². The van der Waals surface area contributed by atoms with Crippen LogP contribution in [0.4, 0.5) is 13.6 Å². The van der Waals surface area contributed by atoms with E-state index in [0.29, 0.717) is 32.7 Å². The summed E-state index contributed by atoms with van der Waals surface area (Å²) in [6, 6.07) is 2.89. The van der Waals surface area contributed by atoms with Gasteiger partial charge >= 0.3 is 6.09 Å². The standard InChI is InChI=1S/C14H19F2N3O4S/c1-23-14(20)19-9-7-18(8-10-19)6-5-17-24(21,22)13-11(15)3-2-4-12(13)16/h2-4,17H,5-10H2,1H3. The van der Waals surface area contributed by atoms with Gasteiger partial charge in [-0.2, -0.15) is 0 Å². The number of amides is 1. The van der Waals surface area contributed by atoms with Crippen LogP contribution >= 0.6 is 0 Å². The molecule has 10 heteroatoms. The third-order valence-electron chi connectivity index (χ3n) is 3.71. The van der Waals surface area contributed by atoms with Crippen LogP contribution < -0.4 is 4.72 Å². The number of benzene rings is 1. The van der Waals surface area contributed by atoms with Crippen LogP contribution in [0.1, 0.15) is 0 Å². The zero-order chi connectivity index (χ0) is 17.7. The van der Waals surface area contributed by atoms with E-state index in [1.807, 2.05) is 4.90 Å². The number of sulfonamides is 1. The molecule has 0 aliphatic carbocycles. The number of ether oxygens (including phenoxy) is 1. The van der Waals surface area contributed by atoms with Crippen molar-refractivity contribution in [2.24, 2.45) is 0 Å². The van der Waals surface area contributed by atoms with E-state index < -0.39 is 32.6 Å². The SMILES string of the molecule is COC(=O)N1CCN(CCNS(=O)(=O)c2c(F)cccc2F)CC1. The Balaban J connectivity index is 1.85. The predicted octanol–water partition coefficient (Wildman–Crippen LogP) is 0.627. The molecule has 0 spiro atoms. The molecule has 1 aliphatic heterocycles. The summed E-state index contributed by atoms with van der Waals surface area (Å²) in [5.74, 6) is -2.26. The smallest absolute Gasteiger partial charge is 0.409 e. The van der Waals surface area contributed by atoms with Crippen molar-refractivity contribution in [3.05, 3.63) is 29.8 Å². The summed E-state index contributed by atoms with van der Waals surface area (Å²) in [6.07, 6.45) is -0.398. The number of methoxy groups -OCH3 is 1. The highest BCUT2D eigenvalue weighted by molar-refractivity contribution is 7.89. The van der Waals surface area contributed by atoms with Gasteiger partial charge in [0.2, 0.25) is 10.0 Å². The molecule has 0 saturated carbocycles. The fourth-order valence-corrected chi connectivity index (χ4v) is 3.59. The number of piperazine rings is 1. The summed E-state index contributed by atoms with van der Waals surface area (Å²) >= 11 is 0. The molecular formula is C14H19F2N3O4S. The lowest BCUT2D eigenvalue weighted by Crippen LogP contribution is -2.50. The minimum Gasteiger partial charge on any atom is -0.453 e. The zero-order valence-electron chi connectivity index (χ0n) is 13.2. The summed E-state index contributed by atoms with van der Waals surface area (Å²) in [4.78, 5) is 13.9. The zero-order valence-corrected chi connectivity index (χ0v) is 14.0. The first-order valence-electron chi connectivity index (χ1n) is 7.34. The number of nitrogens with zero attached hydrogens (tertiary/aromatic N) is 2. The van der Waals surface area contributed by atoms with Crippen LogP contribution in [0, 0.1) is 11.6 Å². The van der Waals surface area contributed by atoms with Crippen LogP contribution in [-0.4, -0.2) is 70.7 Å². The second-order valence-electron chi connectivity index (χ2n) is 5.25. The molecule has 1 aliphatic rings. The molecule has 2 rings (SSSR count). The summed E-state index contributed by atoms with van der Waals surface area (Å²) < 4.78 is 58.0. The summed E-state index contributed by atoms with van der Waals surface area (Å²) in [7, 11) is -2.95. The lowest BCUT2D eigenvalue weighted by molar-refractivity contribution is 0.0918. The van der Waals surface area contributed by atoms with Gasteiger partial charge in [-0.25, -0.2) is 26.7 Å². The maximum Gasteiger partial charge on any atom is 0.409 e. The Bertz CT molecular complexity index is 671. The fourth-order valence-electron chi connectivity index (χ4n) is 2.43. The van der Waals surface area contributed by atoms with E-state index in [2.05, 4.69) is 9.46 Å². The quantitative estimate of drug-likeness (QED) is 0.830. The summed E-state index contributed by atoms with van der Waals surface area (Å²) in [6.45, 7) is 2.44. The number of halogens is 2. The van der Waals surface area contributed by atoms with E-state index in [1.165, 1.54) is 7.11 Å². The fraction of sp³-hybridized carbons (Fsp3) is 0.500. The van der Waals surface area contributed by atoms with Crippen molar-refractivity contribution in [1.82, 2.24) is 14.5 Å². The predicted molar refractivity (Wildman–Crippen MR) is 82.0 cm³/mol. The average Bonchev–Trinajstić information content (AvgIpc) is 2.54.